The minimum absolute atomic E-state index is 0.105. The van der Waals surface area contributed by atoms with E-state index in [1.54, 1.807) is 0 Å². The molecule has 0 rings (SSSR count). The summed E-state index contributed by atoms with van der Waals surface area (Å²) >= 11 is 0. The second-order valence-electron chi connectivity index (χ2n) is 30.1. The van der Waals surface area contributed by atoms with Crippen molar-refractivity contribution in [1.82, 2.24) is 0 Å². The first-order chi connectivity index (χ1) is 47.1. The van der Waals surface area contributed by atoms with Gasteiger partial charge in [0.15, 0.2) is 12.2 Å². The summed E-state index contributed by atoms with van der Waals surface area (Å²) in [6.07, 6.45) is 54.2. The molecule has 19 heteroatoms. The molecule has 6 atom stereocenters. The molecule has 0 heterocycles. The van der Waals surface area contributed by atoms with E-state index in [9.17, 15) is 43.2 Å². The predicted molar refractivity (Wildman–Crippen MR) is 400 cm³/mol. The molecule has 3 N–H and O–H groups in total. The number of aliphatic hydroxyl groups excluding tert-OH is 1. The predicted octanol–water partition coefficient (Wildman–Crippen LogP) is 23.2. The Labute approximate surface area is 600 Å². The van der Waals surface area contributed by atoms with Gasteiger partial charge in [0.1, 0.15) is 19.3 Å². The average molecular weight is 1440 g/mol. The number of hydrogen-bond donors (Lipinski definition) is 3. The Hall–Kier alpha value is -1.94. The summed E-state index contributed by atoms with van der Waals surface area (Å²) in [5, 5.41) is 10.6. The quantitative estimate of drug-likeness (QED) is 0.0222. The van der Waals surface area contributed by atoms with Crippen LogP contribution < -0.4 is 0 Å². The van der Waals surface area contributed by atoms with E-state index in [0.717, 1.165) is 114 Å². The molecule has 0 radical (unpaired) electrons. The molecule has 3 unspecified atom stereocenters. The van der Waals surface area contributed by atoms with Crippen LogP contribution in [0.3, 0.4) is 0 Å². The molecule has 582 valence electrons. The van der Waals surface area contributed by atoms with Crippen LogP contribution in [0.15, 0.2) is 0 Å². The third-order valence-electron chi connectivity index (χ3n) is 18.7. The second kappa shape index (κ2) is 68.2. The topological polar surface area (TPSA) is 237 Å². The van der Waals surface area contributed by atoms with Crippen molar-refractivity contribution in [1.29, 1.82) is 0 Å². The van der Waals surface area contributed by atoms with Gasteiger partial charge in [-0.05, 0) is 49.4 Å². The third-order valence-corrected chi connectivity index (χ3v) is 20.6. The van der Waals surface area contributed by atoms with E-state index in [1.165, 1.54) is 205 Å². The van der Waals surface area contributed by atoms with Gasteiger partial charge in [0.2, 0.25) is 0 Å². The van der Waals surface area contributed by atoms with E-state index >= 15 is 0 Å². The first-order valence-electron chi connectivity index (χ1n) is 40.7. The molecule has 0 aromatic carbocycles. The summed E-state index contributed by atoms with van der Waals surface area (Å²) in [6.45, 7) is 14.2. The van der Waals surface area contributed by atoms with E-state index in [0.29, 0.717) is 25.7 Å². The van der Waals surface area contributed by atoms with Crippen molar-refractivity contribution in [3.63, 3.8) is 0 Å². The van der Waals surface area contributed by atoms with Crippen molar-refractivity contribution in [3.05, 3.63) is 0 Å². The van der Waals surface area contributed by atoms with Gasteiger partial charge in [-0.1, -0.05) is 351 Å². The Morgan fingerprint density at radius 1 is 0.286 bits per heavy atom. The van der Waals surface area contributed by atoms with Gasteiger partial charge in [0.25, 0.3) is 0 Å². The fraction of sp³-hybridized carbons (Fsp3) is 0.949. The lowest BCUT2D eigenvalue weighted by molar-refractivity contribution is -0.161. The summed E-state index contributed by atoms with van der Waals surface area (Å²) < 4.78 is 68.6. The number of esters is 4. The van der Waals surface area contributed by atoms with Crippen LogP contribution in [-0.4, -0.2) is 96.7 Å². The third kappa shape index (κ3) is 71.1. The zero-order valence-electron chi connectivity index (χ0n) is 64.4. The Bertz CT molecular complexity index is 1920. The van der Waals surface area contributed by atoms with Gasteiger partial charge in [0, 0.05) is 25.7 Å². The molecule has 0 saturated heterocycles. The van der Waals surface area contributed by atoms with E-state index < -0.39 is 97.5 Å². The number of rotatable bonds is 76. The SMILES string of the molecule is CCC(C)CCCCCCCCCCCCCCCCCCCCC(=O)O[C@H](COC(=O)CCCCCCCCCCCC(C)C)COP(=O)(O)OC[C@@H](O)COP(=O)(O)OC[C@@H](COC(=O)CCCCCCCCCCCC(C)C)OC(=O)CCCCCCCCCCCC(C)C. The van der Waals surface area contributed by atoms with Crippen LogP contribution in [-0.2, 0) is 65.4 Å². The summed E-state index contributed by atoms with van der Waals surface area (Å²) in [4.78, 5) is 72.9. The molecule has 0 spiro atoms. The fourth-order valence-electron chi connectivity index (χ4n) is 12.0. The highest BCUT2D eigenvalue weighted by Gasteiger charge is 2.30. The van der Waals surface area contributed by atoms with Crippen molar-refractivity contribution in [2.24, 2.45) is 23.7 Å². The van der Waals surface area contributed by atoms with Crippen molar-refractivity contribution >= 4 is 39.5 Å². The van der Waals surface area contributed by atoms with Gasteiger partial charge >= 0.3 is 39.5 Å². The number of carbonyl (C=O) groups is 4. The lowest BCUT2D eigenvalue weighted by Gasteiger charge is -2.21. The number of carbonyl (C=O) groups excluding carboxylic acids is 4. The summed E-state index contributed by atoms with van der Waals surface area (Å²) in [7, 11) is -9.92. The molecular formula is C79H154O17P2. The Morgan fingerprint density at radius 3 is 0.724 bits per heavy atom. The lowest BCUT2D eigenvalue weighted by atomic mass is 9.99. The Balaban J connectivity index is 5.20. The monoisotopic (exact) mass is 1440 g/mol. The zero-order valence-corrected chi connectivity index (χ0v) is 66.2. The zero-order chi connectivity index (χ0) is 72.4. The van der Waals surface area contributed by atoms with E-state index in [2.05, 4.69) is 55.4 Å². The number of phosphoric acid groups is 2. The standard InChI is InChI=1S/C79H154O17P2/c1-9-72(8)58-50-42-34-26-18-16-14-12-10-11-13-15-17-19-27-37-45-53-61-78(83)95-74(65-89-76(81)59-51-43-35-28-20-23-31-39-47-55-69(2)3)67-93-97(85,86)91-63-73(80)64-92-98(87,88)94-68-75(96-79(84)62-54-46-38-30-22-25-33-41-49-57-71(6)7)66-90-77(82)60-52-44-36-29-21-24-32-40-48-56-70(4)5/h69-75,80H,9-68H2,1-8H3,(H,85,86)(H,87,88)/t72?,73-,74-,75-/m1/s1. The molecular weight excluding hydrogens is 1280 g/mol. The summed E-state index contributed by atoms with van der Waals surface area (Å²) in [5.74, 6) is 0.976. The van der Waals surface area contributed by atoms with E-state index in [-0.39, 0.29) is 25.7 Å². The smallest absolute Gasteiger partial charge is 0.462 e. The molecule has 0 saturated carbocycles. The lowest BCUT2D eigenvalue weighted by Crippen LogP contribution is -2.30. The van der Waals surface area contributed by atoms with Crippen LogP contribution in [0.2, 0.25) is 0 Å². The molecule has 0 aliphatic rings. The van der Waals surface area contributed by atoms with Gasteiger partial charge in [-0.15, -0.1) is 0 Å². The first kappa shape index (κ1) is 96.1. The number of ether oxygens (including phenoxy) is 4. The molecule has 0 aliphatic carbocycles. The Morgan fingerprint density at radius 2 is 0.490 bits per heavy atom. The largest absolute Gasteiger partial charge is 0.472 e. The van der Waals surface area contributed by atoms with Gasteiger partial charge in [0.05, 0.1) is 26.4 Å². The van der Waals surface area contributed by atoms with Crippen molar-refractivity contribution < 1.29 is 80.2 Å². The molecule has 0 aromatic rings. The van der Waals surface area contributed by atoms with Gasteiger partial charge in [-0.2, -0.15) is 0 Å². The highest BCUT2D eigenvalue weighted by molar-refractivity contribution is 7.47. The van der Waals surface area contributed by atoms with Crippen LogP contribution >= 0.6 is 15.6 Å². The maximum absolute atomic E-state index is 13.1. The maximum atomic E-state index is 13.1. The van der Waals surface area contributed by atoms with Crippen molar-refractivity contribution in [3.8, 4) is 0 Å². The van der Waals surface area contributed by atoms with Crippen molar-refractivity contribution in [2.75, 3.05) is 39.6 Å². The number of phosphoric ester groups is 2. The minimum atomic E-state index is -4.96. The van der Waals surface area contributed by atoms with Crippen LogP contribution in [0.5, 0.6) is 0 Å². The molecule has 17 nitrogen and oxygen atoms in total. The second-order valence-corrected chi connectivity index (χ2v) is 33.0. The highest BCUT2D eigenvalue weighted by Crippen LogP contribution is 2.45. The molecule has 0 bridgehead atoms. The van der Waals surface area contributed by atoms with E-state index in [4.69, 9.17) is 37.0 Å². The fourth-order valence-corrected chi connectivity index (χ4v) is 13.6. The van der Waals surface area contributed by atoms with Gasteiger partial charge < -0.3 is 33.8 Å². The molecule has 98 heavy (non-hydrogen) atoms. The summed E-state index contributed by atoms with van der Waals surface area (Å²) in [6, 6.07) is 0. The molecule has 0 aromatic heterocycles. The van der Waals surface area contributed by atoms with Crippen LogP contribution in [0, 0.1) is 23.7 Å². The van der Waals surface area contributed by atoms with E-state index in [1.807, 2.05) is 0 Å². The normalized spacial score (nSPS) is 14.3. The number of aliphatic hydroxyl groups is 1. The maximum Gasteiger partial charge on any atom is 0.472 e. The van der Waals surface area contributed by atoms with Gasteiger partial charge in [-0.3, -0.25) is 37.3 Å². The molecule has 0 aliphatic heterocycles. The van der Waals surface area contributed by atoms with Crippen LogP contribution in [0.1, 0.15) is 402 Å². The minimum Gasteiger partial charge on any atom is -0.462 e. The summed E-state index contributed by atoms with van der Waals surface area (Å²) in [5.41, 5.74) is 0. The number of hydrogen-bond acceptors (Lipinski definition) is 15. The Kier molecular flexibility index (Phi) is 66.8. The van der Waals surface area contributed by atoms with Crippen LogP contribution in [0.4, 0.5) is 0 Å². The highest BCUT2D eigenvalue weighted by atomic mass is 31.2. The first-order valence-corrected chi connectivity index (χ1v) is 43.7. The molecule has 0 amide bonds. The van der Waals surface area contributed by atoms with Crippen LogP contribution in [0.25, 0.3) is 0 Å². The van der Waals surface area contributed by atoms with Gasteiger partial charge in [-0.25, -0.2) is 9.13 Å². The molecule has 0 fully saturated rings. The van der Waals surface area contributed by atoms with Crippen molar-refractivity contribution in [2.45, 2.75) is 420 Å². The number of unbranched alkanes of at least 4 members (excludes halogenated alkanes) is 41. The average Bonchev–Trinajstić information content (AvgIpc) is 1.01.